The van der Waals surface area contributed by atoms with Crippen LogP contribution in [0.1, 0.15) is 52.9 Å². The van der Waals surface area contributed by atoms with Crippen molar-refractivity contribution in [1.29, 1.82) is 0 Å². The predicted octanol–water partition coefficient (Wildman–Crippen LogP) is 0.238. The summed E-state index contributed by atoms with van der Waals surface area (Å²) in [6.07, 6.45) is -0.525. The minimum atomic E-state index is -1.46. The average molecular weight is 417 g/mol. The van der Waals surface area contributed by atoms with Crippen molar-refractivity contribution >= 4 is 0 Å². The SMILES string of the molecule is CC1(C)OC(C)(C2CC=C(CO)CC2)CCC1OC1OC(CO)C(O)C(O)C1O. The van der Waals surface area contributed by atoms with E-state index in [0.29, 0.717) is 12.3 Å². The second kappa shape index (κ2) is 8.88. The summed E-state index contributed by atoms with van der Waals surface area (Å²) in [4.78, 5) is 0. The summed E-state index contributed by atoms with van der Waals surface area (Å²) in [5.74, 6) is 0.352. The molecule has 2 fully saturated rings. The van der Waals surface area contributed by atoms with Crippen LogP contribution < -0.4 is 0 Å². The molecule has 8 atom stereocenters. The van der Waals surface area contributed by atoms with Crippen LogP contribution in [0.15, 0.2) is 11.6 Å². The van der Waals surface area contributed by atoms with Crippen molar-refractivity contribution in [3.05, 3.63) is 11.6 Å². The summed E-state index contributed by atoms with van der Waals surface area (Å²) >= 11 is 0. The molecule has 5 N–H and O–H groups in total. The Labute approximate surface area is 172 Å². The zero-order chi connectivity index (χ0) is 21.4. The lowest BCUT2D eigenvalue weighted by Crippen LogP contribution is -2.62. The summed E-state index contributed by atoms with van der Waals surface area (Å²) in [5, 5.41) is 48.9. The van der Waals surface area contributed by atoms with Gasteiger partial charge in [0.25, 0.3) is 0 Å². The molecule has 3 rings (SSSR count). The van der Waals surface area contributed by atoms with Gasteiger partial charge in [0.2, 0.25) is 0 Å². The summed E-state index contributed by atoms with van der Waals surface area (Å²) in [6.45, 7) is 5.64. The molecule has 168 valence electrons. The number of aliphatic hydroxyl groups excluding tert-OH is 5. The van der Waals surface area contributed by atoms with Gasteiger partial charge in [-0.3, -0.25) is 0 Å². The molecular formula is C21H36O8. The first-order chi connectivity index (χ1) is 13.6. The van der Waals surface area contributed by atoms with Crippen molar-refractivity contribution in [1.82, 2.24) is 0 Å². The molecule has 0 amide bonds. The molecule has 2 saturated heterocycles. The van der Waals surface area contributed by atoms with Gasteiger partial charge in [-0.1, -0.05) is 6.08 Å². The Balaban J connectivity index is 1.65. The number of allylic oxidation sites excluding steroid dienone is 1. The van der Waals surface area contributed by atoms with E-state index in [4.69, 9.17) is 14.2 Å². The molecule has 8 nitrogen and oxygen atoms in total. The number of rotatable bonds is 5. The van der Waals surface area contributed by atoms with E-state index >= 15 is 0 Å². The first-order valence-corrected chi connectivity index (χ1v) is 10.6. The molecule has 29 heavy (non-hydrogen) atoms. The van der Waals surface area contributed by atoms with Gasteiger partial charge in [0.05, 0.1) is 30.5 Å². The van der Waals surface area contributed by atoms with Crippen LogP contribution in [0.25, 0.3) is 0 Å². The van der Waals surface area contributed by atoms with Crippen molar-refractivity contribution in [2.75, 3.05) is 13.2 Å². The van der Waals surface area contributed by atoms with Crippen molar-refractivity contribution in [2.24, 2.45) is 5.92 Å². The second-order valence-electron chi connectivity index (χ2n) is 9.37. The lowest BCUT2D eigenvalue weighted by molar-refractivity contribution is -0.339. The molecule has 0 spiro atoms. The largest absolute Gasteiger partial charge is 0.394 e. The number of hydrogen-bond donors (Lipinski definition) is 5. The molecule has 8 unspecified atom stereocenters. The van der Waals surface area contributed by atoms with Gasteiger partial charge in [0, 0.05) is 0 Å². The van der Waals surface area contributed by atoms with E-state index in [2.05, 4.69) is 13.0 Å². The maximum atomic E-state index is 10.3. The van der Waals surface area contributed by atoms with E-state index in [0.717, 1.165) is 31.3 Å². The van der Waals surface area contributed by atoms with E-state index < -0.39 is 42.9 Å². The number of ether oxygens (including phenoxy) is 3. The van der Waals surface area contributed by atoms with Crippen LogP contribution in [0.3, 0.4) is 0 Å². The van der Waals surface area contributed by atoms with Gasteiger partial charge in [0.15, 0.2) is 6.29 Å². The third-order valence-electron chi connectivity index (χ3n) is 6.89. The summed E-state index contributed by atoms with van der Waals surface area (Å²) in [6, 6.07) is 0. The molecule has 0 radical (unpaired) electrons. The minimum absolute atomic E-state index is 0.116. The van der Waals surface area contributed by atoms with Crippen LogP contribution in [0.2, 0.25) is 0 Å². The van der Waals surface area contributed by atoms with Gasteiger partial charge in [-0.25, -0.2) is 0 Å². The fraction of sp³-hybridized carbons (Fsp3) is 0.905. The van der Waals surface area contributed by atoms with Crippen LogP contribution in [0.4, 0.5) is 0 Å². The van der Waals surface area contributed by atoms with Crippen LogP contribution >= 0.6 is 0 Å². The standard InChI is InChI=1S/C21H36O8/c1-20(2)15(28-19-18(26)17(25)16(24)14(11-23)27-19)8-9-21(3,29-20)13-6-4-12(10-22)5-7-13/h4,13-19,22-26H,5-11H2,1-3H3. The molecule has 3 aliphatic rings. The summed E-state index contributed by atoms with van der Waals surface area (Å²) < 4.78 is 18.0. The Morgan fingerprint density at radius 3 is 2.34 bits per heavy atom. The number of hydrogen-bond acceptors (Lipinski definition) is 8. The fourth-order valence-corrected chi connectivity index (χ4v) is 4.93. The van der Waals surface area contributed by atoms with Crippen LogP contribution in [-0.2, 0) is 14.2 Å². The van der Waals surface area contributed by atoms with Crippen molar-refractivity contribution in [2.45, 2.75) is 101 Å². The lowest BCUT2D eigenvalue weighted by atomic mass is 9.73. The zero-order valence-corrected chi connectivity index (χ0v) is 17.5. The van der Waals surface area contributed by atoms with E-state index in [1.165, 1.54) is 0 Å². The third kappa shape index (κ3) is 4.70. The monoisotopic (exact) mass is 416 g/mol. The van der Waals surface area contributed by atoms with Gasteiger partial charge < -0.3 is 39.7 Å². The normalized spacial score (nSPS) is 45.7. The van der Waals surface area contributed by atoms with Gasteiger partial charge in [-0.05, 0) is 64.4 Å². The Hall–Kier alpha value is -0.580. The highest BCUT2D eigenvalue weighted by molar-refractivity contribution is 5.10. The summed E-state index contributed by atoms with van der Waals surface area (Å²) in [7, 11) is 0. The van der Waals surface area contributed by atoms with Crippen LogP contribution in [0.5, 0.6) is 0 Å². The minimum Gasteiger partial charge on any atom is -0.394 e. The Bertz CT molecular complexity index is 591. The molecule has 0 saturated carbocycles. The molecule has 2 heterocycles. The highest BCUT2D eigenvalue weighted by atomic mass is 16.7. The van der Waals surface area contributed by atoms with E-state index in [9.17, 15) is 25.5 Å². The van der Waals surface area contributed by atoms with E-state index in [1.54, 1.807) is 0 Å². The second-order valence-corrected chi connectivity index (χ2v) is 9.37. The molecular weight excluding hydrogens is 380 g/mol. The smallest absolute Gasteiger partial charge is 0.187 e. The van der Waals surface area contributed by atoms with Crippen molar-refractivity contribution in [3.8, 4) is 0 Å². The van der Waals surface area contributed by atoms with Crippen LogP contribution in [0, 0.1) is 5.92 Å². The topological polar surface area (TPSA) is 129 Å². The van der Waals surface area contributed by atoms with Gasteiger partial charge >= 0.3 is 0 Å². The molecule has 8 heteroatoms. The van der Waals surface area contributed by atoms with Crippen molar-refractivity contribution < 1.29 is 39.7 Å². The highest BCUT2D eigenvalue weighted by Gasteiger charge is 2.51. The average Bonchev–Trinajstić information content (AvgIpc) is 2.69. The predicted molar refractivity (Wildman–Crippen MR) is 104 cm³/mol. The molecule has 1 aliphatic carbocycles. The Morgan fingerprint density at radius 2 is 1.79 bits per heavy atom. The van der Waals surface area contributed by atoms with Crippen LogP contribution in [-0.4, -0.2) is 86.8 Å². The number of aliphatic hydroxyl groups is 5. The van der Waals surface area contributed by atoms with Gasteiger partial charge in [-0.2, -0.15) is 0 Å². The fourth-order valence-electron chi connectivity index (χ4n) is 4.93. The first-order valence-electron chi connectivity index (χ1n) is 10.6. The Morgan fingerprint density at radius 1 is 1.07 bits per heavy atom. The maximum absolute atomic E-state index is 10.3. The van der Waals surface area contributed by atoms with Gasteiger partial charge in [0.1, 0.15) is 24.4 Å². The molecule has 0 aromatic carbocycles. The Kier molecular flexibility index (Phi) is 7.07. The zero-order valence-electron chi connectivity index (χ0n) is 17.5. The molecule has 2 aliphatic heterocycles. The quantitative estimate of drug-likeness (QED) is 0.403. The van der Waals surface area contributed by atoms with E-state index in [-0.39, 0.29) is 18.3 Å². The molecule has 0 aromatic heterocycles. The van der Waals surface area contributed by atoms with E-state index in [1.807, 2.05) is 13.8 Å². The highest BCUT2D eigenvalue weighted by Crippen LogP contribution is 2.45. The first kappa shape index (κ1) is 23.1. The lowest BCUT2D eigenvalue weighted by Gasteiger charge is -2.52. The molecule has 0 bridgehead atoms. The maximum Gasteiger partial charge on any atom is 0.187 e. The molecule has 0 aromatic rings. The third-order valence-corrected chi connectivity index (χ3v) is 6.89. The van der Waals surface area contributed by atoms with Crippen molar-refractivity contribution in [3.63, 3.8) is 0 Å². The van der Waals surface area contributed by atoms with Gasteiger partial charge in [-0.15, -0.1) is 0 Å². The summed E-state index contributed by atoms with van der Waals surface area (Å²) in [5.41, 5.74) is 0.104.